The van der Waals surface area contributed by atoms with Crippen LogP contribution in [0.5, 0.6) is 0 Å². The number of rotatable bonds is 5. The number of carbonyl (C=O) groups is 1. The number of benzene rings is 1. The molecular formula is C17H16ClN7O2S. The van der Waals surface area contributed by atoms with Crippen LogP contribution in [0.1, 0.15) is 5.56 Å². The van der Waals surface area contributed by atoms with Gasteiger partial charge in [0, 0.05) is 25.7 Å². The third kappa shape index (κ3) is 3.32. The van der Waals surface area contributed by atoms with Crippen molar-refractivity contribution in [1.82, 2.24) is 29.5 Å². The molecule has 3 heterocycles. The molecule has 1 aromatic carbocycles. The Morgan fingerprint density at radius 3 is 2.86 bits per heavy atom. The molecule has 0 saturated heterocycles. The maximum atomic E-state index is 12.6. The minimum atomic E-state index is -0.433. The van der Waals surface area contributed by atoms with Crippen molar-refractivity contribution in [3.05, 3.63) is 51.7 Å². The second kappa shape index (κ2) is 7.21. The van der Waals surface area contributed by atoms with Crippen LogP contribution < -0.4 is 15.9 Å². The number of hydrogen-bond donors (Lipinski definition) is 1. The maximum absolute atomic E-state index is 12.6. The average Bonchev–Trinajstić information content (AvgIpc) is 3.23. The van der Waals surface area contributed by atoms with Crippen molar-refractivity contribution in [2.24, 2.45) is 0 Å². The van der Waals surface area contributed by atoms with Gasteiger partial charge in [-0.15, -0.1) is 5.10 Å². The minimum absolute atomic E-state index is 0.203. The topological polar surface area (TPSA) is 97.4 Å². The lowest BCUT2D eigenvalue weighted by atomic mass is 10.2. The van der Waals surface area contributed by atoms with Crippen molar-refractivity contribution in [2.75, 3.05) is 19.0 Å². The number of fused-ring (bicyclic) bond motifs is 3. The van der Waals surface area contributed by atoms with Crippen molar-refractivity contribution in [2.45, 2.75) is 13.1 Å². The second-order valence-electron chi connectivity index (χ2n) is 6.29. The summed E-state index contributed by atoms with van der Waals surface area (Å²) in [6.45, 7) is 0.0687. The zero-order valence-corrected chi connectivity index (χ0v) is 16.7. The minimum Gasteiger partial charge on any atom is -0.354 e. The molecule has 0 aliphatic carbocycles. The molecular weight excluding hydrogens is 402 g/mol. The number of thiazole rings is 1. The smallest absolute Gasteiger partial charge is 0.352 e. The van der Waals surface area contributed by atoms with Gasteiger partial charge in [-0.1, -0.05) is 41.1 Å². The third-order valence-corrected chi connectivity index (χ3v) is 5.65. The van der Waals surface area contributed by atoms with Gasteiger partial charge in [-0.05, 0) is 11.6 Å². The van der Waals surface area contributed by atoms with E-state index in [2.05, 4.69) is 20.4 Å². The van der Waals surface area contributed by atoms with Crippen molar-refractivity contribution in [3.8, 4) is 0 Å². The van der Waals surface area contributed by atoms with Crippen LogP contribution in [0, 0.1) is 0 Å². The van der Waals surface area contributed by atoms with Gasteiger partial charge in [0.05, 0.1) is 0 Å². The van der Waals surface area contributed by atoms with Crippen LogP contribution in [0.2, 0.25) is 5.02 Å². The highest BCUT2D eigenvalue weighted by atomic mass is 35.5. The SMILES string of the molecule is CN(C)c1nc2ncn3c(=O)n(CC(=O)NCc4ccccc4Cl)nc3c2s1. The Morgan fingerprint density at radius 2 is 2.11 bits per heavy atom. The number of hydrogen-bond acceptors (Lipinski definition) is 7. The van der Waals surface area contributed by atoms with E-state index in [9.17, 15) is 9.59 Å². The summed E-state index contributed by atoms with van der Waals surface area (Å²) in [5, 5.41) is 8.40. The lowest BCUT2D eigenvalue weighted by Gasteiger charge is -2.06. The Morgan fingerprint density at radius 1 is 1.32 bits per heavy atom. The third-order valence-electron chi connectivity index (χ3n) is 4.08. The summed E-state index contributed by atoms with van der Waals surface area (Å²) in [5.74, 6) is -0.340. The van der Waals surface area contributed by atoms with E-state index in [1.54, 1.807) is 6.07 Å². The molecule has 144 valence electrons. The molecule has 9 nitrogen and oxygen atoms in total. The van der Waals surface area contributed by atoms with Crippen LogP contribution in [-0.2, 0) is 17.9 Å². The second-order valence-corrected chi connectivity index (χ2v) is 7.67. The summed E-state index contributed by atoms with van der Waals surface area (Å²) in [5.41, 5.74) is 1.31. The quantitative estimate of drug-likeness (QED) is 0.529. The van der Waals surface area contributed by atoms with Gasteiger partial charge in [-0.2, -0.15) is 4.98 Å². The monoisotopic (exact) mass is 417 g/mol. The van der Waals surface area contributed by atoms with Gasteiger partial charge < -0.3 is 10.2 Å². The molecule has 0 radical (unpaired) electrons. The molecule has 4 aromatic rings. The Balaban J connectivity index is 1.59. The molecule has 0 aliphatic heterocycles. The molecule has 28 heavy (non-hydrogen) atoms. The van der Waals surface area contributed by atoms with E-state index in [4.69, 9.17) is 11.6 Å². The fourth-order valence-electron chi connectivity index (χ4n) is 2.65. The van der Waals surface area contributed by atoms with Gasteiger partial charge in [0.1, 0.15) is 17.6 Å². The van der Waals surface area contributed by atoms with Crippen molar-refractivity contribution in [1.29, 1.82) is 0 Å². The Labute approximate surface area is 168 Å². The summed E-state index contributed by atoms with van der Waals surface area (Å²) in [6.07, 6.45) is 1.38. The van der Waals surface area contributed by atoms with Gasteiger partial charge in [0.2, 0.25) is 5.91 Å². The summed E-state index contributed by atoms with van der Waals surface area (Å²) < 4.78 is 3.13. The molecule has 0 fully saturated rings. The predicted octanol–water partition coefficient (Wildman–Crippen LogP) is 1.54. The molecule has 1 amide bonds. The molecule has 0 bridgehead atoms. The fraction of sp³-hybridized carbons (Fsp3) is 0.235. The number of halogens is 1. The molecule has 0 spiro atoms. The van der Waals surface area contributed by atoms with Gasteiger partial charge in [-0.25, -0.2) is 18.9 Å². The van der Waals surface area contributed by atoms with Crippen molar-refractivity contribution in [3.63, 3.8) is 0 Å². The molecule has 0 atom stereocenters. The molecule has 4 rings (SSSR count). The van der Waals surface area contributed by atoms with Gasteiger partial charge in [-0.3, -0.25) is 4.79 Å². The average molecular weight is 418 g/mol. The first kappa shape index (κ1) is 18.4. The number of amides is 1. The van der Waals surface area contributed by atoms with Crippen LogP contribution in [-0.4, -0.2) is 44.2 Å². The molecule has 0 unspecified atom stereocenters. The predicted molar refractivity (Wildman–Crippen MR) is 108 cm³/mol. The standard InChI is InChI=1S/C17H16ClN7O2S/c1-23(2)16-21-14-13(28-16)15-22-25(17(27)24(15)9-20-14)8-12(26)19-7-10-5-3-4-6-11(10)18/h3-6,9H,7-8H2,1-2H3,(H,19,26). The highest BCUT2D eigenvalue weighted by Crippen LogP contribution is 2.28. The van der Waals surface area contributed by atoms with Crippen LogP contribution >= 0.6 is 22.9 Å². The summed E-state index contributed by atoms with van der Waals surface area (Å²) in [4.78, 5) is 35.4. The van der Waals surface area contributed by atoms with E-state index in [-0.39, 0.29) is 19.0 Å². The van der Waals surface area contributed by atoms with E-state index in [1.165, 1.54) is 22.1 Å². The molecule has 0 aliphatic rings. The van der Waals surface area contributed by atoms with Crippen LogP contribution in [0.15, 0.2) is 35.4 Å². The van der Waals surface area contributed by atoms with Gasteiger partial charge >= 0.3 is 5.69 Å². The molecule has 11 heteroatoms. The van der Waals surface area contributed by atoms with E-state index in [0.717, 1.165) is 15.4 Å². The Hall–Kier alpha value is -2.98. The summed E-state index contributed by atoms with van der Waals surface area (Å²) >= 11 is 7.48. The van der Waals surface area contributed by atoms with Crippen molar-refractivity contribution >= 4 is 50.0 Å². The zero-order chi connectivity index (χ0) is 19.8. The van der Waals surface area contributed by atoms with E-state index in [1.807, 2.05) is 37.2 Å². The maximum Gasteiger partial charge on any atom is 0.352 e. The summed E-state index contributed by atoms with van der Waals surface area (Å²) in [6, 6.07) is 7.24. The Bertz CT molecular complexity index is 1240. The van der Waals surface area contributed by atoms with E-state index >= 15 is 0 Å². The van der Waals surface area contributed by atoms with Crippen LogP contribution in [0.25, 0.3) is 16.0 Å². The first-order valence-corrected chi connectivity index (χ1v) is 9.55. The number of aromatic nitrogens is 5. The highest BCUT2D eigenvalue weighted by Gasteiger charge is 2.17. The van der Waals surface area contributed by atoms with E-state index < -0.39 is 5.69 Å². The lowest BCUT2D eigenvalue weighted by Crippen LogP contribution is -2.32. The Kier molecular flexibility index (Phi) is 4.73. The zero-order valence-electron chi connectivity index (χ0n) is 15.1. The number of nitrogens with zero attached hydrogens (tertiary/aromatic N) is 6. The molecule has 3 aromatic heterocycles. The normalized spacial score (nSPS) is 11.2. The molecule has 0 saturated carbocycles. The largest absolute Gasteiger partial charge is 0.354 e. The first-order valence-electron chi connectivity index (χ1n) is 8.36. The fourth-order valence-corrected chi connectivity index (χ4v) is 3.77. The lowest BCUT2D eigenvalue weighted by molar-refractivity contribution is -0.122. The van der Waals surface area contributed by atoms with Crippen LogP contribution in [0.4, 0.5) is 5.13 Å². The summed E-state index contributed by atoms with van der Waals surface area (Å²) in [7, 11) is 3.76. The highest BCUT2D eigenvalue weighted by molar-refractivity contribution is 7.22. The number of carbonyl (C=O) groups excluding carboxylic acids is 1. The first-order chi connectivity index (χ1) is 13.4. The van der Waals surface area contributed by atoms with Gasteiger partial charge in [0.25, 0.3) is 0 Å². The van der Waals surface area contributed by atoms with E-state index in [0.29, 0.717) is 21.0 Å². The number of nitrogens with one attached hydrogen (secondary N) is 1. The van der Waals surface area contributed by atoms with Crippen molar-refractivity contribution < 1.29 is 4.79 Å². The molecule has 1 N–H and O–H groups in total. The number of anilines is 1. The van der Waals surface area contributed by atoms with Crippen LogP contribution in [0.3, 0.4) is 0 Å². The van der Waals surface area contributed by atoms with Gasteiger partial charge in [0.15, 0.2) is 16.4 Å².